The van der Waals surface area contributed by atoms with E-state index >= 15 is 0 Å². The Morgan fingerprint density at radius 2 is 2.25 bits per heavy atom. The van der Waals surface area contributed by atoms with Crippen LogP contribution in [0.15, 0.2) is 30.3 Å². The van der Waals surface area contributed by atoms with Crippen LogP contribution in [-0.4, -0.2) is 41.1 Å². The van der Waals surface area contributed by atoms with Crippen LogP contribution in [0.4, 0.5) is 5.82 Å². The first-order valence-electron chi connectivity index (χ1n) is 8.79. The van der Waals surface area contributed by atoms with Crippen molar-refractivity contribution < 1.29 is 5.11 Å². The van der Waals surface area contributed by atoms with Crippen LogP contribution in [0.2, 0.25) is 0 Å². The number of rotatable bonds is 7. The molecule has 0 saturated carbocycles. The quantitative estimate of drug-likeness (QED) is 0.727. The molecular weight excluding hydrogens is 300 g/mol. The van der Waals surface area contributed by atoms with Crippen molar-refractivity contribution in [1.82, 2.24) is 15.1 Å². The van der Waals surface area contributed by atoms with E-state index in [0.717, 1.165) is 44.1 Å². The van der Waals surface area contributed by atoms with Gasteiger partial charge in [0.2, 0.25) is 0 Å². The van der Waals surface area contributed by atoms with Gasteiger partial charge in [0.15, 0.2) is 0 Å². The first kappa shape index (κ1) is 17.0. The van der Waals surface area contributed by atoms with Crippen LogP contribution in [-0.2, 0) is 13.0 Å². The fourth-order valence-corrected chi connectivity index (χ4v) is 3.39. The zero-order valence-corrected chi connectivity index (χ0v) is 14.6. The molecule has 1 aliphatic rings. The average molecular weight is 328 g/mol. The maximum atomic E-state index is 9.66. The minimum absolute atomic E-state index is 0.215. The molecule has 0 spiro atoms. The minimum Gasteiger partial charge on any atom is -0.396 e. The van der Waals surface area contributed by atoms with Crippen LogP contribution >= 0.6 is 0 Å². The van der Waals surface area contributed by atoms with E-state index in [1.54, 1.807) is 0 Å². The van der Waals surface area contributed by atoms with Crippen molar-refractivity contribution >= 4 is 5.82 Å². The van der Waals surface area contributed by atoms with Gasteiger partial charge in [0.25, 0.3) is 0 Å². The van der Waals surface area contributed by atoms with Crippen LogP contribution in [0.5, 0.6) is 0 Å². The Hall–Kier alpha value is -1.85. The van der Waals surface area contributed by atoms with E-state index in [1.807, 2.05) is 6.92 Å². The number of hydrogen-bond acceptors (Lipinski definition) is 4. The molecular formula is C19H28N4O. The Morgan fingerprint density at radius 3 is 3.04 bits per heavy atom. The van der Waals surface area contributed by atoms with Gasteiger partial charge in [-0.3, -0.25) is 0 Å². The number of fused-ring (bicyclic) bond motifs is 1. The third kappa shape index (κ3) is 4.36. The maximum Gasteiger partial charge on any atom is 0.124 e. The van der Waals surface area contributed by atoms with Gasteiger partial charge in [-0.2, -0.15) is 5.10 Å². The zero-order valence-electron chi connectivity index (χ0n) is 14.6. The third-order valence-electron chi connectivity index (χ3n) is 4.64. The smallest absolute Gasteiger partial charge is 0.124 e. The van der Waals surface area contributed by atoms with E-state index in [4.69, 9.17) is 0 Å². The van der Waals surface area contributed by atoms with Crippen molar-refractivity contribution in [2.45, 2.75) is 26.8 Å². The molecule has 24 heavy (non-hydrogen) atoms. The maximum absolute atomic E-state index is 9.66. The molecule has 2 aromatic rings. The second-order valence-electron chi connectivity index (χ2n) is 7.00. The van der Waals surface area contributed by atoms with E-state index in [2.05, 4.69) is 57.7 Å². The van der Waals surface area contributed by atoms with Crippen molar-refractivity contribution in [2.75, 3.05) is 31.6 Å². The number of aliphatic hydroxyl groups is 1. The molecule has 5 heteroatoms. The van der Waals surface area contributed by atoms with Gasteiger partial charge in [0.05, 0.1) is 5.69 Å². The highest BCUT2D eigenvalue weighted by molar-refractivity contribution is 5.38. The lowest BCUT2D eigenvalue weighted by Crippen LogP contribution is -2.37. The van der Waals surface area contributed by atoms with Gasteiger partial charge < -0.3 is 15.7 Å². The number of anilines is 1. The first-order chi connectivity index (χ1) is 11.6. The number of aromatic nitrogens is 2. The monoisotopic (exact) mass is 328 g/mol. The summed E-state index contributed by atoms with van der Waals surface area (Å²) in [6.45, 7) is 8.05. The lowest BCUT2D eigenvalue weighted by Gasteiger charge is -2.26. The van der Waals surface area contributed by atoms with Crippen molar-refractivity contribution in [3.8, 4) is 0 Å². The summed E-state index contributed by atoms with van der Waals surface area (Å²) in [4.78, 5) is 0. The van der Waals surface area contributed by atoms with Crippen LogP contribution in [0.25, 0.3) is 0 Å². The Bertz CT molecular complexity index is 667. The molecule has 0 amide bonds. The second kappa shape index (κ2) is 7.81. The topological polar surface area (TPSA) is 62.1 Å². The summed E-state index contributed by atoms with van der Waals surface area (Å²) in [5.41, 5.74) is 3.63. The molecule has 1 aromatic carbocycles. The van der Waals surface area contributed by atoms with Crippen molar-refractivity contribution in [3.63, 3.8) is 0 Å². The molecule has 130 valence electrons. The standard InChI is InChI=1S/C19H28N4O/c1-14-4-3-5-16(6-14)8-17(13-24)9-20-10-18-11-21-19-7-15(2)22-23(19)12-18/h3-7,17-18,20-21,24H,8-13H2,1-2H3. The van der Waals surface area contributed by atoms with E-state index in [1.165, 1.54) is 11.1 Å². The molecule has 0 bridgehead atoms. The minimum atomic E-state index is 0.215. The normalized spacial score (nSPS) is 18.0. The van der Waals surface area contributed by atoms with Gasteiger partial charge in [-0.1, -0.05) is 29.8 Å². The van der Waals surface area contributed by atoms with Crippen LogP contribution in [0, 0.1) is 25.7 Å². The number of benzene rings is 1. The molecule has 0 aliphatic carbocycles. The molecule has 0 radical (unpaired) electrons. The predicted molar refractivity (Wildman–Crippen MR) is 97.3 cm³/mol. The second-order valence-corrected chi connectivity index (χ2v) is 7.00. The highest BCUT2D eigenvalue weighted by Crippen LogP contribution is 2.18. The summed E-state index contributed by atoms with van der Waals surface area (Å²) in [7, 11) is 0. The number of aliphatic hydroxyl groups excluding tert-OH is 1. The largest absolute Gasteiger partial charge is 0.396 e. The number of nitrogens with zero attached hydrogens (tertiary/aromatic N) is 2. The van der Waals surface area contributed by atoms with Crippen LogP contribution in [0.1, 0.15) is 16.8 Å². The molecule has 5 nitrogen and oxygen atoms in total. The molecule has 1 aliphatic heterocycles. The third-order valence-corrected chi connectivity index (χ3v) is 4.64. The fraction of sp³-hybridized carbons (Fsp3) is 0.526. The highest BCUT2D eigenvalue weighted by Gasteiger charge is 2.19. The summed E-state index contributed by atoms with van der Waals surface area (Å²) in [6.07, 6.45) is 0.913. The van der Waals surface area contributed by atoms with Crippen LogP contribution < -0.4 is 10.6 Å². The summed E-state index contributed by atoms with van der Waals surface area (Å²) in [5, 5.41) is 21.2. The molecule has 2 unspecified atom stereocenters. The van der Waals surface area contributed by atoms with Gasteiger partial charge in [-0.05, 0) is 31.7 Å². The van der Waals surface area contributed by atoms with E-state index in [0.29, 0.717) is 5.92 Å². The summed E-state index contributed by atoms with van der Waals surface area (Å²) in [5.74, 6) is 1.90. The van der Waals surface area contributed by atoms with Crippen molar-refractivity contribution in [3.05, 3.63) is 47.2 Å². The molecule has 3 N–H and O–H groups in total. The predicted octanol–water partition coefficient (Wildman–Crippen LogP) is 1.98. The van der Waals surface area contributed by atoms with Gasteiger partial charge in [0.1, 0.15) is 5.82 Å². The molecule has 2 atom stereocenters. The van der Waals surface area contributed by atoms with Crippen LogP contribution in [0.3, 0.4) is 0 Å². The molecule has 0 fully saturated rings. The lowest BCUT2D eigenvalue weighted by molar-refractivity contribution is 0.219. The SMILES string of the molecule is Cc1cccc(CC(CO)CNCC2CNc3cc(C)nn3C2)c1. The number of aryl methyl sites for hydroxylation is 2. The number of nitrogens with one attached hydrogen (secondary N) is 2. The van der Waals surface area contributed by atoms with Gasteiger partial charge in [-0.25, -0.2) is 4.68 Å². The molecule has 0 saturated heterocycles. The van der Waals surface area contributed by atoms with E-state index in [9.17, 15) is 5.11 Å². The van der Waals surface area contributed by atoms with Gasteiger partial charge >= 0.3 is 0 Å². The summed E-state index contributed by atoms with van der Waals surface area (Å²) >= 11 is 0. The lowest BCUT2D eigenvalue weighted by atomic mass is 9.98. The van der Waals surface area contributed by atoms with Gasteiger partial charge in [-0.15, -0.1) is 0 Å². The van der Waals surface area contributed by atoms with Crippen molar-refractivity contribution in [2.24, 2.45) is 11.8 Å². The molecule has 3 rings (SSSR count). The number of hydrogen-bond donors (Lipinski definition) is 3. The average Bonchev–Trinajstić information content (AvgIpc) is 2.93. The fourth-order valence-electron chi connectivity index (χ4n) is 3.39. The van der Waals surface area contributed by atoms with Gasteiger partial charge in [0, 0.05) is 44.8 Å². The highest BCUT2D eigenvalue weighted by atomic mass is 16.3. The Labute approximate surface area is 144 Å². The van der Waals surface area contributed by atoms with E-state index in [-0.39, 0.29) is 12.5 Å². The Balaban J connectivity index is 1.45. The Kier molecular flexibility index (Phi) is 5.53. The Morgan fingerprint density at radius 1 is 1.38 bits per heavy atom. The summed E-state index contributed by atoms with van der Waals surface area (Å²) < 4.78 is 2.06. The molecule has 2 heterocycles. The van der Waals surface area contributed by atoms with E-state index < -0.39 is 0 Å². The van der Waals surface area contributed by atoms with Crippen molar-refractivity contribution in [1.29, 1.82) is 0 Å². The molecule has 1 aromatic heterocycles. The first-order valence-corrected chi connectivity index (χ1v) is 8.79. The zero-order chi connectivity index (χ0) is 16.9. The summed E-state index contributed by atoms with van der Waals surface area (Å²) in [6, 6.07) is 10.6.